The molecule has 0 aliphatic heterocycles. The molecule has 2 N–H and O–H groups in total. The van der Waals surface area contributed by atoms with Crippen molar-refractivity contribution >= 4 is 18.4 Å². The minimum absolute atomic E-state index is 0. The maximum atomic E-state index is 11.2. The Kier molecular flexibility index (Phi) is 8.95. The summed E-state index contributed by atoms with van der Waals surface area (Å²) in [5, 5.41) is 0. The van der Waals surface area contributed by atoms with Crippen LogP contribution in [0.4, 0.5) is 0 Å². The van der Waals surface area contributed by atoms with Gasteiger partial charge in [0, 0.05) is 19.2 Å². The molecule has 19 heavy (non-hydrogen) atoms. The molecular formula is C13H20ClNO4. The third kappa shape index (κ3) is 5.92. The van der Waals surface area contributed by atoms with Gasteiger partial charge in [-0.25, -0.2) is 0 Å². The maximum absolute atomic E-state index is 11.2. The van der Waals surface area contributed by atoms with Gasteiger partial charge in [-0.3, -0.25) is 4.79 Å². The van der Waals surface area contributed by atoms with E-state index < -0.39 is 0 Å². The Morgan fingerprint density at radius 3 is 2.58 bits per heavy atom. The Balaban J connectivity index is 0.00000324. The second kappa shape index (κ2) is 9.61. The quantitative estimate of drug-likeness (QED) is 0.605. The van der Waals surface area contributed by atoms with Gasteiger partial charge in [0.25, 0.3) is 0 Å². The van der Waals surface area contributed by atoms with Crippen LogP contribution in [0, 0.1) is 0 Å². The molecule has 0 atom stereocenters. The molecule has 1 aromatic rings. The highest BCUT2D eigenvalue weighted by molar-refractivity contribution is 5.85. The first-order valence-corrected chi connectivity index (χ1v) is 5.71. The topological polar surface area (TPSA) is 70.8 Å². The van der Waals surface area contributed by atoms with Gasteiger partial charge in [-0.1, -0.05) is 12.1 Å². The van der Waals surface area contributed by atoms with Crippen molar-refractivity contribution in [2.24, 2.45) is 5.73 Å². The van der Waals surface area contributed by atoms with Crippen LogP contribution >= 0.6 is 12.4 Å². The van der Waals surface area contributed by atoms with Crippen molar-refractivity contribution in [3.63, 3.8) is 0 Å². The second-order valence-electron chi connectivity index (χ2n) is 3.74. The van der Waals surface area contributed by atoms with E-state index in [1.165, 1.54) is 7.11 Å². The SMILES string of the molecule is COCCOc1ccc(CC(=O)OC)cc1CN.Cl. The van der Waals surface area contributed by atoms with Gasteiger partial charge in [0.1, 0.15) is 12.4 Å². The molecule has 0 radical (unpaired) electrons. The van der Waals surface area contributed by atoms with Gasteiger partial charge in [-0.15, -0.1) is 12.4 Å². The highest BCUT2D eigenvalue weighted by atomic mass is 35.5. The summed E-state index contributed by atoms with van der Waals surface area (Å²) < 4.78 is 15.1. The van der Waals surface area contributed by atoms with Crippen LogP contribution in [-0.4, -0.2) is 33.4 Å². The lowest BCUT2D eigenvalue weighted by Gasteiger charge is -2.11. The molecule has 0 aliphatic carbocycles. The first kappa shape index (κ1) is 17.7. The van der Waals surface area contributed by atoms with Crippen LogP contribution in [0.5, 0.6) is 5.75 Å². The average Bonchev–Trinajstić information content (AvgIpc) is 2.40. The van der Waals surface area contributed by atoms with Gasteiger partial charge in [-0.2, -0.15) is 0 Å². The Morgan fingerprint density at radius 2 is 2.00 bits per heavy atom. The number of methoxy groups -OCH3 is 2. The molecule has 0 fully saturated rings. The molecule has 0 amide bonds. The van der Waals surface area contributed by atoms with E-state index in [1.807, 2.05) is 18.2 Å². The van der Waals surface area contributed by atoms with Crippen LogP contribution in [-0.2, 0) is 27.2 Å². The minimum atomic E-state index is -0.272. The van der Waals surface area contributed by atoms with Crippen LogP contribution in [0.2, 0.25) is 0 Å². The first-order valence-electron chi connectivity index (χ1n) is 5.71. The number of benzene rings is 1. The standard InChI is InChI=1S/C13H19NO4.ClH/c1-16-5-6-18-12-4-3-10(7-11(12)9-14)8-13(15)17-2;/h3-4,7H,5-6,8-9,14H2,1-2H3;1H. The molecule has 0 saturated heterocycles. The van der Waals surface area contributed by atoms with Crippen LogP contribution in [0.1, 0.15) is 11.1 Å². The predicted molar refractivity (Wildman–Crippen MR) is 74.7 cm³/mol. The van der Waals surface area contributed by atoms with Crippen molar-refractivity contribution in [1.82, 2.24) is 0 Å². The summed E-state index contributed by atoms with van der Waals surface area (Å²) in [4.78, 5) is 11.2. The Bertz CT molecular complexity index is 398. The van der Waals surface area contributed by atoms with Crippen LogP contribution < -0.4 is 10.5 Å². The fraction of sp³-hybridized carbons (Fsp3) is 0.462. The molecule has 0 aromatic heterocycles. The molecule has 0 heterocycles. The van der Waals surface area contributed by atoms with E-state index in [2.05, 4.69) is 4.74 Å². The summed E-state index contributed by atoms with van der Waals surface area (Å²) in [5.74, 6) is 0.453. The summed E-state index contributed by atoms with van der Waals surface area (Å²) in [6.07, 6.45) is 0.238. The molecule has 1 rings (SSSR count). The third-order valence-corrected chi connectivity index (χ3v) is 2.47. The zero-order valence-electron chi connectivity index (χ0n) is 11.2. The van der Waals surface area contributed by atoms with E-state index in [1.54, 1.807) is 7.11 Å². The lowest BCUT2D eigenvalue weighted by atomic mass is 10.1. The number of rotatable bonds is 7. The number of hydrogen-bond donors (Lipinski definition) is 1. The molecule has 0 saturated carbocycles. The van der Waals surface area contributed by atoms with Crippen molar-refractivity contribution in [1.29, 1.82) is 0 Å². The largest absolute Gasteiger partial charge is 0.491 e. The zero-order chi connectivity index (χ0) is 13.4. The van der Waals surface area contributed by atoms with Crippen molar-refractivity contribution in [2.45, 2.75) is 13.0 Å². The van der Waals surface area contributed by atoms with Crippen molar-refractivity contribution in [2.75, 3.05) is 27.4 Å². The van der Waals surface area contributed by atoms with Crippen LogP contribution in [0.3, 0.4) is 0 Å². The number of esters is 1. The Labute approximate surface area is 119 Å². The molecule has 0 aliphatic rings. The number of hydrogen-bond acceptors (Lipinski definition) is 5. The summed E-state index contributed by atoms with van der Waals surface area (Å²) in [5.41, 5.74) is 7.39. The zero-order valence-corrected chi connectivity index (χ0v) is 12.0. The Hall–Kier alpha value is -1.30. The van der Waals surface area contributed by atoms with E-state index in [4.69, 9.17) is 15.2 Å². The van der Waals surface area contributed by atoms with E-state index in [-0.39, 0.29) is 24.8 Å². The fourth-order valence-corrected chi connectivity index (χ4v) is 1.52. The normalized spacial score (nSPS) is 9.63. The van der Waals surface area contributed by atoms with Crippen molar-refractivity contribution in [3.8, 4) is 5.75 Å². The summed E-state index contributed by atoms with van der Waals surface area (Å²) in [6, 6.07) is 5.51. The number of nitrogens with two attached hydrogens (primary N) is 1. The fourth-order valence-electron chi connectivity index (χ4n) is 1.52. The molecule has 0 bridgehead atoms. The summed E-state index contributed by atoms with van der Waals surface area (Å²) >= 11 is 0. The van der Waals surface area contributed by atoms with Gasteiger partial charge in [0.2, 0.25) is 0 Å². The van der Waals surface area contributed by atoms with Crippen molar-refractivity contribution in [3.05, 3.63) is 29.3 Å². The highest BCUT2D eigenvalue weighted by Crippen LogP contribution is 2.20. The molecule has 0 unspecified atom stereocenters. The molecule has 5 nitrogen and oxygen atoms in total. The van der Waals surface area contributed by atoms with Gasteiger partial charge in [0.05, 0.1) is 20.1 Å². The monoisotopic (exact) mass is 289 g/mol. The number of carbonyl (C=O) groups is 1. The maximum Gasteiger partial charge on any atom is 0.309 e. The summed E-state index contributed by atoms with van der Waals surface area (Å²) in [6.45, 7) is 1.35. The lowest BCUT2D eigenvalue weighted by Crippen LogP contribution is -2.09. The van der Waals surface area contributed by atoms with E-state index in [9.17, 15) is 4.79 Å². The van der Waals surface area contributed by atoms with Gasteiger partial charge in [-0.05, 0) is 11.6 Å². The molecule has 0 spiro atoms. The van der Waals surface area contributed by atoms with Crippen molar-refractivity contribution < 1.29 is 19.0 Å². The lowest BCUT2D eigenvalue weighted by molar-refractivity contribution is -0.139. The molecular weight excluding hydrogens is 270 g/mol. The molecule has 6 heteroatoms. The highest BCUT2D eigenvalue weighted by Gasteiger charge is 2.07. The third-order valence-electron chi connectivity index (χ3n) is 2.47. The van der Waals surface area contributed by atoms with Crippen LogP contribution in [0.25, 0.3) is 0 Å². The average molecular weight is 290 g/mol. The van der Waals surface area contributed by atoms with Gasteiger partial charge >= 0.3 is 5.97 Å². The Morgan fingerprint density at radius 1 is 1.26 bits per heavy atom. The van der Waals surface area contributed by atoms with Gasteiger partial charge < -0.3 is 19.9 Å². The predicted octanol–water partition coefficient (Wildman–Crippen LogP) is 1.31. The summed E-state index contributed by atoms with van der Waals surface area (Å²) in [7, 11) is 2.99. The number of halogens is 1. The second-order valence-corrected chi connectivity index (χ2v) is 3.74. The molecule has 1 aromatic carbocycles. The van der Waals surface area contributed by atoms with E-state index >= 15 is 0 Å². The van der Waals surface area contributed by atoms with Crippen LogP contribution in [0.15, 0.2) is 18.2 Å². The first-order chi connectivity index (χ1) is 8.71. The van der Waals surface area contributed by atoms with Gasteiger partial charge in [0.15, 0.2) is 0 Å². The van der Waals surface area contributed by atoms with E-state index in [0.717, 1.165) is 16.9 Å². The number of carbonyl (C=O) groups excluding carboxylic acids is 1. The smallest absolute Gasteiger partial charge is 0.309 e. The number of ether oxygens (including phenoxy) is 3. The molecule has 108 valence electrons. The van der Waals surface area contributed by atoms with E-state index in [0.29, 0.717) is 19.8 Å². The minimum Gasteiger partial charge on any atom is -0.491 e.